The van der Waals surface area contributed by atoms with Crippen molar-refractivity contribution >= 4 is 28.6 Å². The molecule has 1 aliphatic rings. The summed E-state index contributed by atoms with van der Waals surface area (Å²) in [6.07, 6.45) is -4.64. The summed E-state index contributed by atoms with van der Waals surface area (Å²) in [4.78, 5) is 23.9. The lowest BCUT2D eigenvalue weighted by Crippen LogP contribution is -2.50. The van der Waals surface area contributed by atoms with Crippen LogP contribution >= 0.6 is 0 Å². The van der Waals surface area contributed by atoms with E-state index >= 15 is 0 Å². The van der Waals surface area contributed by atoms with Crippen LogP contribution in [0.15, 0.2) is 42.5 Å². The number of rotatable bonds is 3. The van der Waals surface area contributed by atoms with Gasteiger partial charge in [-0.15, -0.1) is 0 Å². The summed E-state index contributed by atoms with van der Waals surface area (Å²) in [7, 11) is 1.52. The van der Waals surface area contributed by atoms with Gasteiger partial charge in [-0.1, -0.05) is 18.2 Å². The van der Waals surface area contributed by atoms with Crippen LogP contribution in [0.5, 0.6) is 5.75 Å². The van der Waals surface area contributed by atoms with Gasteiger partial charge >= 0.3 is 12.2 Å². The van der Waals surface area contributed by atoms with E-state index in [1.54, 1.807) is 35.2 Å². The number of halogens is 3. The van der Waals surface area contributed by atoms with Crippen LogP contribution in [0.3, 0.4) is 0 Å². The molecule has 4 rings (SSSR count). The Labute approximate surface area is 182 Å². The van der Waals surface area contributed by atoms with Gasteiger partial charge in [-0.25, -0.2) is 14.8 Å². The molecule has 7 nitrogen and oxygen atoms in total. The van der Waals surface area contributed by atoms with Gasteiger partial charge in [-0.05, 0) is 36.8 Å². The van der Waals surface area contributed by atoms with E-state index in [-0.39, 0.29) is 43.5 Å². The number of nitrogens with zero attached hydrogens (tertiary/aromatic N) is 4. The second-order valence-electron chi connectivity index (χ2n) is 7.49. The predicted molar refractivity (Wildman–Crippen MR) is 115 cm³/mol. The summed E-state index contributed by atoms with van der Waals surface area (Å²) in [5.74, 6) is 0.320. The van der Waals surface area contributed by atoms with E-state index in [0.717, 1.165) is 5.56 Å². The third-order valence-corrected chi connectivity index (χ3v) is 5.28. The second kappa shape index (κ2) is 8.52. The standard InChI is InChI=1S/C22H22F3N5O2/c1-14-7-8-18(32-2)17(13-14)28-21(31)30-11-9-29(10-12-30)20-19(22(23,24)25)26-15-5-3-4-6-16(15)27-20/h3-8,13H,9-12H2,1-2H3,(H,28,31). The molecule has 1 fully saturated rings. The van der Waals surface area contributed by atoms with Gasteiger partial charge in [0.25, 0.3) is 0 Å². The van der Waals surface area contributed by atoms with Crippen LogP contribution in [0, 0.1) is 6.92 Å². The van der Waals surface area contributed by atoms with Crippen molar-refractivity contribution in [1.82, 2.24) is 14.9 Å². The normalized spacial score (nSPS) is 14.5. The van der Waals surface area contributed by atoms with Crippen LogP contribution < -0.4 is 15.0 Å². The zero-order chi connectivity index (χ0) is 22.9. The van der Waals surface area contributed by atoms with E-state index in [4.69, 9.17) is 4.74 Å². The van der Waals surface area contributed by atoms with Crippen LogP contribution in [0.1, 0.15) is 11.3 Å². The number of aromatic nitrogens is 2. The Bertz CT molecular complexity index is 1140. The number of urea groups is 1. The molecule has 0 spiro atoms. The number of carbonyl (C=O) groups excluding carboxylic acids is 1. The molecule has 2 amide bonds. The van der Waals surface area contributed by atoms with Crippen molar-refractivity contribution in [2.75, 3.05) is 43.5 Å². The maximum Gasteiger partial charge on any atom is 0.437 e. The lowest BCUT2D eigenvalue weighted by molar-refractivity contribution is -0.140. The zero-order valence-electron chi connectivity index (χ0n) is 17.6. The van der Waals surface area contributed by atoms with Gasteiger partial charge in [0.1, 0.15) is 5.75 Å². The van der Waals surface area contributed by atoms with E-state index < -0.39 is 11.9 Å². The first kappa shape index (κ1) is 21.7. The second-order valence-corrected chi connectivity index (χ2v) is 7.49. The Kier molecular flexibility index (Phi) is 5.77. The molecular formula is C22H22F3N5O2. The fourth-order valence-electron chi connectivity index (χ4n) is 3.64. The Hall–Kier alpha value is -3.56. The summed E-state index contributed by atoms with van der Waals surface area (Å²) in [6, 6.07) is 11.6. The molecule has 0 bridgehead atoms. The maximum atomic E-state index is 13.7. The third-order valence-electron chi connectivity index (χ3n) is 5.28. The Morgan fingerprint density at radius 3 is 2.31 bits per heavy atom. The van der Waals surface area contributed by atoms with E-state index in [9.17, 15) is 18.0 Å². The van der Waals surface area contributed by atoms with E-state index in [2.05, 4.69) is 15.3 Å². The predicted octanol–water partition coefficient (Wildman–Crippen LogP) is 4.32. The molecule has 0 unspecified atom stereocenters. The number of fused-ring (bicyclic) bond motifs is 1. The fourth-order valence-corrected chi connectivity index (χ4v) is 3.64. The van der Waals surface area contributed by atoms with Crippen molar-refractivity contribution in [3.63, 3.8) is 0 Å². The first-order chi connectivity index (χ1) is 15.3. The minimum atomic E-state index is -4.64. The molecule has 1 aromatic heterocycles. The van der Waals surface area contributed by atoms with Gasteiger partial charge in [0.05, 0.1) is 23.8 Å². The molecular weight excluding hydrogens is 423 g/mol. The Morgan fingerprint density at radius 1 is 1.03 bits per heavy atom. The number of ether oxygens (including phenoxy) is 1. The molecule has 10 heteroatoms. The number of aryl methyl sites for hydroxylation is 1. The van der Waals surface area contributed by atoms with Gasteiger partial charge < -0.3 is 19.9 Å². The minimum absolute atomic E-state index is 0.189. The number of amides is 2. The highest BCUT2D eigenvalue weighted by atomic mass is 19.4. The summed E-state index contributed by atoms with van der Waals surface area (Å²) >= 11 is 0. The highest BCUT2D eigenvalue weighted by molar-refractivity contribution is 5.91. The molecule has 0 atom stereocenters. The SMILES string of the molecule is COc1ccc(C)cc1NC(=O)N1CCN(c2nc3ccccc3nc2C(F)(F)F)CC1. The number of hydrogen-bond donors (Lipinski definition) is 1. The van der Waals surface area contributed by atoms with Crippen molar-refractivity contribution in [3.8, 4) is 5.75 Å². The van der Waals surface area contributed by atoms with Crippen molar-refractivity contribution in [3.05, 3.63) is 53.7 Å². The average molecular weight is 445 g/mol. The molecule has 0 radical (unpaired) electrons. The lowest BCUT2D eigenvalue weighted by atomic mass is 10.2. The monoisotopic (exact) mass is 445 g/mol. The molecule has 1 N–H and O–H groups in total. The van der Waals surface area contributed by atoms with Crippen LogP contribution in [0.2, 0.25) is 0 Å². The summed E-state index contributed by atoms with van der Waals surface area (Å²) in [6.45, 7) is 2.79. The molecule has 1 aliphatic heterocycles. The summed E-state index contributed by atoms with van der Waals surface area (Å²) < 4.78 is 46.3. The number of anilines is 2. The number of hydrogen-bond acceptors (Lipinski definition) is 5. The van der Waals surface area contributed by atoms with Gasteiger partial charge in [0, 0.05) is 26.2 Å². The van der Waals surface area contributed by atoms with Gasteiger partial charge in [0.15, 0.2) is 11.5 Å². The van der Waals surface area contributed by atoms with Gasteiger partial charge in [-0.2, -0.15) is 13.2 Å². The largest absolute Gasteiger partial charge is 0.495 e. The molecule has 2 heterocycles. The van der Waals surface area contributed by atoms with E-state index in [0.29, 0.717) is 17.0 Å². The Balaban J connectivity index is 1.51. The fraction of sp³-hybridized carbons (Fsp3) is 0.318. The molecule has 0 saturated carbocycles. The molecule has 2 aromatic carbocycles. The molecule has 168 valence electrons. The van der Waals surface area contributed by atoms with Crippen molar-refractivity contribution in [1.29, 1.82) is 0 Å². The minimum Gasteiger partial charge on any atom is -0.495 e. The quantitative estimate of drug-likeness (QED) is 0.650. The number of piperazine rings is 1. The smallest absolute Gasteiger partial charge is 0.437 e. The highest BCUT2D eigenvalue weighted by Gasteiger charge is 2.39. The topological polar surface area (TPSA) is 70.6 Å². The van der Waals surface area contributed by atoms with Gasteiger partial charge in [0.2, 0.25) is 0 Å². The number of methoxy groups -OCH3 is 1. The summed E-state index contributed by atoms with van der Waals surface area (Å²) in [5, 5.41) is 2.82. The van der Waals surface area contributed by atoms with Crippen LogP contribution in [-0.4, -0.2) is 54.2 Å². The first-order valence-electron chi connectivity index (χ1n) is 10.1. The van der Waals surface area contributed by atoms with Crippen molar-refractivity contribution in [2.45, 2.75) is 13.1 Å². The molecule has 32 heavy (non-hydrogen) atoms. The molecule has 3 aromatic rings. The highest BCUT2D eigenvalue weighted by Crippen LogP contribution is 2.35. The average Bonchev–Trinajstić information content (AvgIpc) is 2.78. The van der Waals surface area contributed by atoms with Gasteiger partial charge in [-0.3, -0.25) is 0 Å². The summed E-state index contributed by atoms with van der Waals surface area (Å²) in [5.41, 5.74) is 1.06. The van der Waals surface area contributed by atoms with Crippen LogP contribution in [0.4, 0.5) is 29.5 Å². The number of para-hydroxylation sites is 2. The Morgan fingerprint density at radius 2 is 1.69 bits per heavy atom. The molecule has 0 aliphatic carbocycles. The number of nitrogens with one attached hydrogen (secondary N) is 1. The number of alkyl halides is 3. The third kappa shape index (κ3) is 4.39. The molecule has 1 saturated heterocycles. The van der Waals surface area contributed by atoms with Crippen LogP contribution in [0.25, 0.3) is 11.0 Å². The zero-order valence-corrected chi connectivity index (χ0v) is 17.6. The first-order valence-corrected chi connectivity index (χ1v) is 10.1. The van der Waals surface area contributed by atoms with E-state index in [1.807, 2.05) is 13.0 Å². The van der Waals surface area contributed by atoms with Crippen molar-refractivity contribution < 1.29 is 22.7 Å². The van der Waals surface area contributed by atoms with Crippen molar-refractivity contribution in [2.24, 2.45) is 0 Å². The number of benzene rings is 2. The number of carbonyl (C=O) groups is 1. The lowest BCUT2D eigenvalue weighted by Gasteiger charge is -2.36. The van der Waals surface area contributed by atoms with E-state index in [1.165, 1.54) is 18.1 Å². The van der Waals surface area contributed by atoms with Crippen LogP contribution in [-0.2, 0) is 6.18 Å². The maximum absolute atomic E-state index is 13.7.